The molecule has 2 saturated heterocycles. The van der Waals surface area contributed by atoms with Crippen LogP contribution in [0.2, 0.25) is 0 Å². The van der Waals surface area contributed by atoms with Crippen molar-refractivity contribution in [1.82, 2.24) is 19.6 Å². The van der Waals surface area contributed by atoms with E-state index in [4.69, 9.17) is 0 Å². The summed E-state index contributed by atoms with van der Waals surface area (Å²) in [5.41, 5.74) is 0.728. The van der Waals surface area contributed by atoms with Gasteiger partial charge in [0.25, 0.3) is 0 Å². The molecule has 2 amide bonds. The van der Waals surface area contributed by atoms with Crippen LogP contribution in [0.3, 0.4) is 0 Å². The van der Waals surface area contributed by atoms with Crippen molar-refractivity contribution >= 4 is 11.8 Å². The zero-order valence-electron chi connectivity index (χ0n) is 18.4. The summed E-state index contributed by atoms with van der Waals surface area (Å²) in [6.07, 6.45) is 3.53. The van der Waals surface area contributed by atoms with Crippen molar-refractivity contribution in [2.24, 2.45) is 5.92 Å². The second-order valence-corrected chi connectivity index (χ2v) is 8.90. The summed E-state index contributed by atoms with van der Waals surface area (Å²) >= 11 is 0. The van der Waals surface area contributed by atoms with Gasteiger partial charge in [-0.25, -0.2) is 4.39 Å². The quantitative estimate of drug-likeness (QED) is 0.616. The van der Waals surface area contributed by atoms with Crippen molar-refractivity contribution in [3.05, 3.63) is 35.6 Å². The van der Waals surface area contributed by atoms with E-state index in [9.17, 15) is 14.0 Å². The van der Waals surface area contributed by atoms with Crippen molar-refractivity contribution in [1.29, 1.82) is 0 Å². The smallest absolute Gasteiger partial charge is 0.242 e. The third-order valence-corrected chi connectivity index (χ3v) is 6.10. The Kier molecular flexibility index (Phi) is 8.22. The van der Waals surface area contributed by atoms with Crippen LogP contribution in [-0.2, 0) is 16.1 Å². The lowest BCUT2D eigenvalue weighted by Gasteiger charge is -2.36. The molecular formula is C23H35FN4O2. The number of rotatable bonds is 9. The third kappa shape index (κ3) is 6.51. The Morgan fingerprint density at radius 1 is 1.17 bits per heavy atom. The van der Waals surface area contributed by atoms with Crippen molar-refractivity contribution in [3.63, 3.8) is 0 Å². The maximum Gasteiger partial charge on any atom is 0.242 e. The van der Waals surface area contributed by atoms with Gasteiger partial charge in [-0.15, -0.1) is 0 Å². The van der Waals surface area contributed by atoms with Crippen LogP contribution in [0.25, 0.3) is 0 Å². The maximum atomic E-state index is 14.0. The summed E-state index contributed by atoms with van der Waals surface area (Å²) in [5, 5.41) is 0. The fourth-order valence-corrected chi connectivity index (χ4v) is 4.40. The summed E-state index contributed by atoms with van der Waals surface area (Å²) < 4.78 is 14.0. The Hall–Kier alpha value is -1.99. The highest BCUT2D eigenvalue weighted by molar-refractivity contribution is 5.85. The van der Waals surface area contributed by atoms with Crippen molar-refractivity contribution in [2.75, 3.05) is 59.9 Å². The molecule has 0 spiro atoms. The Morgan fingerprint density at radius 3 is 2.67 bits per heavy atom. The molecule has 7 heteroatoms. The van der Waals surface area contributed by atoms with Crippen LogP contribution in [0.4, 0.5) is 4.39 Å². The van der Waals surface area contributed by atoms with Crippen molar-refractivity contribution < 1.29 is 14.0 Å². The number of carbonyl (C=O) groups is 2. The third-order valence-electron chi connectivity index (χ3n) is 6.10. The number of benzene rings is 1. The Morgan fingerprint density at radius 2 is 1.97 bits per heavy atom. The first kappa shape index (κ1) is 22.7. The van der Waals surface area contributed by atoms with E-state index in [0.29, 0.717) is 38.5 Å². The van der Waals surface area contributed by atoms with E-state index in [0.717, 1.165) is 44.5 Å². The van der Waals surface area contributed by atoms with E-state index >= 15 is 0 Å². The molecule has 0 saturated carbocycles. The first-order valence-corrected chi connectivity index (χ1v) is 11.1. The van der Waals surface area contributed by atoms with Gasteiger partial charge in [0.15, 0.2) is 0 Å². The van der Waals surface area contributed by atoms with Gasteiger partial charge >= 0.3 is 0 Å². The monoisotopic (exact) mass is 418 g/mol. The second-order valence-electron chi connectivity index (χ2n) is 8.90. The molecule has 1 aromatic carbocycles. The standard InChI is InChI=1S/C23H35FN4O2/c1-25(2)13-14-28(23(30)18-27-12-6-10-22(27)29)16-19-7-5-11-26(15-19)17-20-8-3-4-9-21(20)24/h3-4,8-9,19H,5-7,10-18H2,1-2H3. The molecule has 0 aromatic heterocycles. The predicted octanol–water partition coefficient (Wildman–Crippen LogP) is 2.05. The maximum absolute atomic E-state index is 14.0. The van der Waals surface area contributed by atoms with Crippen molar-refractivity contribution in [2.45, 2.75) is 32.2 Å². The Bertz CT molecular complexity index is 727. The minimum atomic E-state index is -0.155. The number of amides is 2. The first-order valence-electron chi connectivity index (χ1n) is 11.1. The van der Waals surface area contributed by atoms with Gasteiger partial charge in [-0.3, -0.25) is 14.5 Å². The molecule has 0 bridgehead atoms. The van der Waals surface area contributed by atoms with E-state index in [2.05, 4.69) is 9.80 Å². The highest BCUT2D eigenvalue weighted by atomic mass is 19.1. The molecule has 2 fully saturated rings. The van der Waals surface area contributed by atoms with Crippen LogP contribution in [0.1, 0.15) is 31.2 Å². The summed E-state index contributed by atoms with van der Waals surface area (Å²) in [6.45, 7) is 5.47. The zero-order chi connectivity index (χ0) is 21.5. The molecule has 1 atom stereocenters. The fourth-order valence-electron chi connectivity index (χ4n) is 4.40. The average Bonchev–Trinajstić information content (AvgIpc) is 3.11. The highest BCUT2D eigenvalue weighted by Crippen LogP contribution is 2.21. The van der Waals surface area contributed by atoms with Gasteiger partial charge in [-0.2, -0.15) is 0 Å². The molecule has 1 aromatic rings. The van der Waals surface area contributed by atoms with Crippen LogP contribution in [0, 0.1) is 11.7 Å². The summed E-state index contributed by atoms with van der Waals surface area (Å²) in [5.74, 6) is 0.339. The largest absolute Gasteiger partial charge is 0.340 e. The molecule has 2 aliphatic rings. The number of carbonyl (C=O) groups excluding carboxylic acids is 2. The molecule has 0 N–H and O–H groups in total. The molecular weight excluding hydrogens is 383 g/mol. The van der Waals surface area contributed by atoms with Crippen LogP contribution in [0.5, 0.6) is 0 Å². The zero-order valence-corrected chi connectivity index (χ0v) is 18.4. The SMILES string of the molecule is CN(C)CCN(CC1CCCN(Cc2ccccc2F)C1)C(=O)CN1CCCC1=O. The number of hydrogen-bond acceptors (Lipinski definition) is 4. The second kappa shape index (κ2) is 10.9. The lowest BCUT2D eigenvalue weighted by atomic mass is 9.96. The number of hydrogen-bond donors (Lipinski definition) is 0. The van der Waals surface area contributed by atoms with Crippen LogP contribution in [0.15, 0.2) is 24.3 Å². The van der Waals surface area contributed by atoms with Crippen LogP contribution < -0.4 is 0 Å². The van der Waals surface area contributed by atoms with Gasteiger partial charge < -0.3 is 14.7 Å². The molecule has 2 aliphatic heterocycles. The molecule has 1 unspecified atom stereocenters. The van der Waals surface area contributed by atoms with E-state index < -0.39 is 0 Å². The number of likely N-dealkylation sites (tertiary alicyclic amines) is 2. The molecule has 166 valence electrons. The highest BCUT2D eigenvalue weighted by Gasteiger charge is 2.28. The predicted molar refractivity (Wildman–Crippen MR) is 115 cm³/mol. The first-order chi connectivity index (χ1) is 14.4. The van der Waals surface area contributed by atoms with E-state index in [1.54, 1.807) is 11.0 Å². The number of likely N-dealkylation sites (N-methyl/N-ethyl adjacent to an activating group) is 1. The van der Waals surface area contributed by atoms with E-state index in [1.165, 1.54) is 6.07 Å². The summed E-state index contributed by atoms with van der Waals surface area (Å²) in [7, 11) is 4.01. The summed E-state index contributed by atoms with van der Waals surface area (Å²) in [6, 6.07) is 6.95. The van der Waals surface area contributed by atoms with Crippen LogP contribution >= 0.6 is 0 Å². The van der Waals surface area contributed by atoms with Gasteiger partial charge in [0.05, 0.1) is 6.54 Å². The molecule has 30 heavy (non-hydrogen) atoms. The lowest BCUT2D eigenvalue weighted by Crippen LogP contribution is -2.47. The minimum absolute atomic E-state index is 0.0401. The molecule has 0 aliphatic carbocycles. The normalized spacial score (nSPS) is 20.2. The Labute approximate surface area is 179 Å². The molecule has 3 rings (SSSR count). The number of piperidine rings is 1. The fraction of sp³-hybridized carbons (Fsp3) is 0.652. The van der Waals surface area contributed by atoms with Gasteiger partial charge in [0.2, 0.25) is 11.8 Å². The van der Waals surface area contributed by atoms with Gasteiger partial charge in [0.1, 0.15) is 5.82 Å². The van der Waals surface area contributed by atoms with Crippen molar-refractivity contribution in [3.8, 4) is 0 Å². The molecule has 0 radical (unpaired) electrons. The summed E-state index contributed by atoms with van der Waals surface area (Å²) in [4.78, 5) is 32.9. The molecule has 2 heterocycles. The van der Waals surface area contributed by atoms with Gasteiger partial charge in [0, 0.05) is 51.3 Å². The molecule has 6 nitrogen and oxygen atoms in total. The Balaban J connectivity index is 1.58. The number of halogens is 1. The minimum Gasteiger partial charge on any atom is -0.340 e. The van der Waals surface area contributed by atoms with E-state index in [-0.39, 0.29) is 24.2 Å². The van der Waals surface area contributed by atoms with Gasteiger partial charge in [-0.1, -0.05) is 18.2 Å². The van der Waals surface area contributed by atoms with Gasteiger partial charge in [-0.05, 0) is 51.9 Å². The van der Waals surface area contributed by atoms with Crippen LogP contribution in [-0.4, -0.2) is 91.3 Å². The number of nitrogens with zero attached hydrogens (tertiary/aromatic N) is 4. The lowest BCUT2D eigenvalue weighted by molar-refractivity contribution is -0.139. The van der Waals surface area contributed by atoms with E-state index in [1.807, 2.05) is 31.1 Å². The average molecular weight is 419 g/mol. The topological polar surface area (TPSA) is 47.1 Å².